The SMILES string of the molecule is O=C(O)CSc1nc2cc(I)ccc2n1C1CCCOC1. The van der Waals surface area contributed by atoms with Gasteiger partial charge in [-0.15, -0.1) is 0 Å². The fraction of sp³-hybridized carbons (Fsp3) is 0.429. The van der Waals surface area contributed by atoms with E-state index in [1.807, 2.05) is 6.07 Å². The molecule has 1 unspecified atom stereocenters. The van der Waals surface area contributed by atoms with Gasteiger partial charge in [0.1, 0.15) is 0 Å². The van der Waals surface area contributed by atoms with E-state index >= 15 is 0 Å². The molecule has 112 valence electrons. The molecule has 21 heavy (non-hydrogen) atoms. The first-order valence-electron chi connectivity index (χ1n) is 6.75. The first-order valence-corrected chi connectivity index (χ1v) is 8.81. The first-order chi connectivity index (χ1) is 10.1. The van der Waals surface area contributed by atoms with Crippen LogP contribution >= 0.6 is 34.4 Å². The van der Waals surface area contributed by atoms with Crippen LogP contribution in [0.1, 0.15) is 18.9 Å². The van der Waals surface area contributed by atoms with E-state index in [0.717, 1.165) is 39.2 Å². The number of carbonyl (C=O) groups is 1. The maximum atomic E-state index is 10.8. The third-order valence-electron chi connectivity index (χ3n) is 3.45. The molecule has 1 saturated heterocycles. The standard InChI is InChI=1S/C14H15IN2O3S/c15-9-3-4-12-11(6-9)16-14(21-8-13(18)19)17(12)10-2-1-5-20-7-10/h3-4,6,10H,1-2,5,7-8H2,(H,18,19). The van der Waals surface area contributed by atoms with Crippen molar-refractivity contribution in [3.05, 3.63) is 21.8 Å². The van der Waals surface area contributed by atoms with Gasteiger partial charge in [-0.05, 0) is 53.6 Å². The second-order valence-corrected chi connectivity index (χ2v) is 7.14. The van der Waals surface area contributed by atoms with Crippen LogP contribution in [-0.2, 0) is 9.53 Å². The molecule has 1 aliphatic heterocycles. The van der Waals surface area contributed by atoms with Crippen molar-refractivity contribution in [2.75, 3.05) is 19.0 Å². The molecule has 1 aromatic heterocycles. The predicted octanol–water partition coefficient (Wildman–Crippen LogP) is 3.17. The zero-order valence-corrected chi connectivity index (χ0v) is 14.3. The Bertz CT molecular complexity index is 668. The van der Waals surface area contributed by atoms with Gasteiger partial charge in [-0.2, -0.15) is 0 Å². The van der Waals surface area contributed by atoms with Crippen molar-refractivity contribution >= 4 is 51.4 Å². The molecular weight excluding hydrogens is 403 g/mol. The van der Waals surface area contributed by atoms with E-state index in [0.29, 0.717) is 6.61 Å². The molecule has 1 N–H and O–H groups in total. The highest BCUT2D eigenvalue weighted by Gasteiger charge is 2.22. The van der Waals surface area contributed by atoms with Crippen LogP contribution in [0.3, 0.4) is 0 Å². The van der Waals surface area contributed by atoms with Gasteiger partial charge in [-0.1, -0.05) is 11.8 Å². The van der Waals surface area contributed by atoms with Gasteiger partial charge >= 0.3 is 5.97 Å². The maximum absolute atomic E-state index is 10.8. The number of imidazole rings is 1. The molecule has 1 fully saturated rings. The van der Waals surface area contributed by atoms with E-state index in [2.05, 4.69) is 44.3 Å². The van der Waals surface area contributed by atoms with Gasteiger partial charge in [-0.25, -0.2) is 4.98 Å². The molecule has 0 saturated carbocycles. The minimum absolute atomic E-state index is 0.0218. The monoisotopic (exact) mass is 418 g/mol. The molecule has 0 amide bonds. The Morgan fingerprint density at radius 1 is 1.57 bits per heavy atom. The summed E-state index contributed by atoms with van der Waals surface area (Å²) in [5.41, 5.74) is 1.97. The average molecular weight is 418 g/mol. The number of hydrogen-bond donors (Lipinski definition) is 1. The highest BCUT2D eigenvalue weighted by atomic mass is 127. The van der Waals surface area contributed by atoms with E-state index in [1.165, 1.54) is 11.8 Å². The van der Waals surface area contributed by atoms with Gasteiger partial charge in [0.05, 0.1) is 29.4 Å². The van der Waals surface area contributed by atoms with Gasteiger partial charge in [0.15, 0.2) is 5.16 Å². The number of nitrogens with zero attached hydrogens (tertiary/aromatic N) is 2. The smallest absolute Gasteiger partial charge is 0.313 e. The highest BCUT2D eigenvalue weighted by molar-refractivity contribution is 14.1. The van der Waals surface area contributed by atoms with E-state index in [-0.39, 0.29) is 11.8 Å². The molecular formula is C14H15IN2O3S. The number of benzene rings is 1. The van der Waals surface area contributed by atoms with E-state index in [1.54, 1.807) is 0 Å². The minimum Gasteiger partial charge on any atom is -0.481 e. The Morgan fingerprint density at radius 3 is 3.14 bits per heavy atom. The van der Waals surface area contributed by atoms with Crippen LogP contribution in [0.4, 0.5) is 0 Å². The lowest BCUT2D eigenvalue weighted by molar-refractivity contribution is -0.133. The van der Waals surface area contributed by atoms with Gasteiger partial charge in [0.2, 0.25) is 0 Å². The minimum atomic E-state index is -0.826. The largest absolute Gasteiger partial charge is 0.481 e. The lowest BCUT2D eigenvalue weighted by atomic mass is 10.1. The lowest BCUT2D eigenvalue weighted by Gasteiger charge is -2.25. The molecule has 0 radical (unpaired) electrons. The molecule has 1 atom stereocenters. The number of hydrogen-bond acceptors (Lipinski definition) is 4. The van der Waals surface area contributed by atoms with Crippen LogP contribution in [0.15, 0.2) is 23.4 Å². The number of halogens is 1. The quantitative estimate of drug-likeness (QED) is 0.611. The fourth-order valence-electron chi connectivity index (χ4n) is 2.56. The Kier molecular flexibility index (Phi) is 4.70. The van der Waals surface area contributed by atoms with Gasteiger partial charge < -0.3 is 14.4 Å². The summed E-state index contributed by atoms with van der Waals surface area (Å²) in [6, 6.07) is 6.38. The number of thioether (sulfide) groups is 1. The third-order valence-corrected chi connectivity index (χ3v) is 5.05. The molecule has 2 heterocycles. The van der Waals surface area contributed by atoms with Crippen LogP contribution < -0.4 is 0 Å². The van der Waals surface area contributed by atoms with Gasteiger partial charge in [-0.3, -0.25) is 4.79 Å². The Balaban J connectivity index is 2.03. The summed E-state index contributed by atoms with van der Waals surface area (Å²) in [6.07, 6.45) is 2.07. The molecule has 1 aromatic carbocycles. The van der Waals surface area contributed by atoms with Crippen molar-refractivity contribution < 1.29 is 14.6 Å². The van der Waals surface area contributed by atoms with Crippen molar-refractivity contribution in [1.29, 1.82) is 0 Å². The summed E-state index contributed by atoms with van der Waals surface area (Å²) < 4.78 is 8.86. The summed E-state index contributed by atoms with van der Waals surface area (Å²) in [4.78, 5) is 15.5. The summed E-state index contributed by atoms with van der Waals surface area (Å²) in [5.74, 6) is -0.804. The summed E-state index contributed by atoms with van der Waals surface area (Å²) in [6.45, 7) is 1.47. The lowest BCUT2D eigenvalue weighted by Crippen LogP contribution is -2.22. The van der Waals surface area contributed by atoms with Crippen LogP contribution in [0.2, 0.25) is 0 Å². The van der Waals surface area contributed by atoms with Crippen LogP contribution in [-0.4, -0.2) is 39.6 Å². The molecule has 3 rings (SSSR count). The fourth-order valence-corrected chi connectivity index (χ4v) is 3.83. The topological polar surface area (TPSA) is 64.3 Å². The molecule has 2 aromatic rings. The Hall–Kier alpha value is -0.800. The van der Waals surface area contributed by atoms with Crippen LogP contribution in [0, 0.1) is 3.57 Å². The number of fused-ring (bicyclic) bond motifs is 1. The highest BCUT2D eigenvalue weighted by Crippen LogP contribution is 2.32. The number of carboxylic acids is 1. The molecule has 0 bridgehead atoms. The molecule has 5 nitrogen and oxygen atoms in total. The van der Waals surface area contributed by atoms with Gasteiger partial charge in [0.25, 0.3) is 0 Å². The zero-order valence-electron chi connectivity index (χ0n) is 11.3. The third kappa shape index (κ3) is 3.35. The van der Waals surface area contributed by atoms with Crippen molar-refractivity contribution in [2.24, 2.45) is 0 Å². The van der Waals surface area contributed by atoms with E-state index in [9.17, 15) is 4.79 Å². The predicted molar refractivity (Wildman–Crippen MR) is 89.9 cm³/mol. The number of aromatic nitrogens is 2. The van der Waals surface area contributed by atoms with Crippen molar-refractivity contribution in [2.45, 2.75) is 24.0 Å². The zero-order chi connectivity index (χ0) is 14.8. The van der Waals surface area contributed by atoms with Gasteiger partial charge in [0, 0.05) is 10.2 Å². The molecule has 1 aliphatic rings. The van der Waals surface area contributed by atoms with E-state index < -0.39 is 5.97 Å². The number of carboxylic acid groups (broad SMARTS) is 1. The van der Waals surface area contributed by atoms with Crippen LogP contribution in [0.5, 0.6) is 0 Å². The molecule has 0 spiro atoms. The normalized spacial score (nSPS) is 19.0. The summed E-state index contributed by atoms with van der Waals surface area (Å²) in [7, 11) is 0. The van der Waals surface area contributed by atoms with Crippen molar-refractivity contribution in [3.8, 4) is 0 Å². The summed E-state index contributed by atoms with van der Waals surface area (Å²) in [5, 5.41) is 9.68. The first kappa shape index (κ1) is 15.1. The van der Waals surface area contributed by atoms with Crippen molar-refractivity contribution in [1.82, 2.24) is 9.55 Å². The van der Waals surface area contributed by atoms with Crippen LogP contribution in [0.25, 0.3) is 11.0 Å². The number of aliphatic carboxylic acids is 1. The average Bonchev–Trinajstić information content (AvgIpc) is 2.83. The van der Waals surface area contributed by atoms with E-state index in [4.69, 9.17) is 9.84 Å². The second-order valence-electron chi connectivity index (χ2n) is 4.95. The molecule has 0 aliphatic carbocycles. The number of rotatable bonds is 4. The number of ether oxygens (including phenoxy) is 1. The Labute approximate surface area is 140 Å². The summed E-state index contributed by atoms with van der Waals surface area (Å²) >= 11 is 3.54. The second kappa shape index (κ2) is 6.53. The Morgan fingerprint density at radius 2 is 2.43 bits per heavy atom. The van der Waals surface area contributed by atoms with Crippen molar-refractivity contribution in [3.63, 3.8) is 0 Å². The molecule has 7 heteroatoms. The maximum Gasteiger partial charge on any atom is 0.313 e.